The Morgan fingerprint density at radius 2 is 2.18 bits per heavy atom. The molecule has 0 saturated carbocycles. The first-order chi connectivity index (χ1) is 8.31. The summed E-state index contributed by atoms with van der Waals surface area (Å²) in [4.78, 5) is 0. The fourth-order valence-corrected chi connectivity index (χ4v) is 1.96. The Kier molecular flexibility index (Phi) is 4.48. The number of rotatable bonds is 5. The first-order valence-corrected chi connectivity index (χ1v) is 5.96. The zero-order valence-corrected chi connectivity index (χ0v) is 10.5. The minimum absolute atomic E-state index is 0.554. The number of fused-ring (bicyclic) bond motifs is 1. The molecule has 17 heavy (non-hydrogen) atoms. The van der Waals surface area contributed by atoms with Gasteiger partial charge in [0, 0.05) is 20.2 Å². The second kappa shape index (κ2) is 6.10. The SMILES string of the molecule is COCCNCc1cc(Cl)c2c(c1)OCCO2. The zero-order valence-electron chi connectivity index (χ0n) is 9.79. The molecule has 1 heterocycles. The van der Waals surface area contributed by atoms with E-state index in [1.165, 1.54) is 0 Å². The molecule has 0 aromatic heterocycles. The van der Waals surface area contributed by atoms with Gasteiger partial charge in [-0.25, -0.2) is 0 Å². The van der Waals surface area contributed by atoms with E-state index < -0.39 is 0 Å². The molecule has 94 valence electrons. The van der Waals surface area contributed by atoms with Crippen LogP contribution in [0.3, 0.4) is 0 Å². The summed E-state index contributed by atoms with van der Waals surface area (Å²) in [6.45, 7) is 3.36. The maximum atomic E-state index is 6.13. The van der Waals surface area contributed by atoms with Gasteiger partial charge in [-0.3, -0.25) is 0 Å². The number of hydrogen-bond acceptors (Lipinski definition) is 4. The van der Waals surface area contributed by atoms with E-state index in [0.717, 1.165) is 24.4 Å². The molecule has 0 aliphatic carbocycles. The predicted molar refractivity (Wildman–Crippen MR) is 66.0 cm³/mol. The number of methoxy groups -OCH3 is 1. The summed E-state index contributed by atoms with van der Waals surface area (Å²) in [6, 6.07) is 3.86. The van der Waals surface area contributed by atoms with Crippen LogP contribution in [-0.2, 0) is 11.3 Å². The number of ether oxygens (including phenoxy) is 3. The third-order valence-electron chi connectivity index (χ3n) is 2.47. The molecule has 0 fully saturated rings. The molecule has 2 rings (SSSR count). The molecule has 5 heteroatoms. The van der Waals surface area contributed by atoms with Crippen molar-refractivity contribution in [1.82, 2.24) is 5.32 Å². The smallest absolute Gasteiger partial charge is 0.179 e. The number of hydrogen-bond donors (Lipinski definition) is 1. The van der Waals surface area contributed by atoms with Gasteiger partial charge >= 0.3 is 0 Å². The molecule has 1 aliphatic rings. The van der Waals surface area contributed by atoms with Gasteiger partial charge in [-0.2, -0.15) is 0 Å². The lowest BCUT2D eigenvalue weighted by Gasteiger charge is -2.20. The van der Waals surface area contributed by atoms with Crippen molar-refractivity contribution in [2.45, 2.75) is 6.54 Å². The number of halogens is 1. The lowest BCUT2D eigenvalue weighted by molar-refractivity contribution is 0.171. The highest BCUT2D eigenvalue weighted by Gasteiger charge is 2.16. The highest BCUT2D eigenvalue weighted by atomic mass is 35.5. The van der Waals surface area contributed by atoms with Crippen LogP contribution in [0.1, 0.15) is 5.56 Å². The van der Waals surface area contributed by atoms with Crippen molar-refractivity contribution in [2.24, 2.45) is 0 Å². The van der Waals surface area contributed by atoms with E-state index in [1.807, 2.05) is 12.1 Å². The van der Waals surface area contributed by atoms with Crippen molar-refractivity contribution in [3.8, 4) is 11.5 Å². The van der Waals surface area contributed by atoms with E-state index in [0.29, 0.717) is 30.6 Å². The van der Waals surface area contributed by atoms with Gasteiger partial charge in [-0.15, -0.1) is 0 Å². The third-order valence-corrected chi connectivity index (χ3v) is 2.75. The van der Waals surface area contributed by atoms with E-state index in [1.54, 1.807) is 7.11 Å². The highest BCUT2D eigenvalue weighted by molar-refractivity contribution is 6.32. The predicted octanol–water partition coefficient (Wildman–Crippen LogP) is 1.85. The monoisotopic (exact) mass is 257 g/mol. The van der Waals surface area contributed by atoms with Gasteiger partial charge in [-0.05, 0) is 17.7 Å². The highest BCUT2D eigenvalue weighted by Crippen LogP contribution is 2.38. The van der Waals surface area contributed by atoms with E-state index in [-0.39, 0.29) is 0 Å². The molecule has 0 spiro atoms. The number of nitrogens with one attached hydrogen (secondary N) is 1. The summed E-state index contributed by atoms with van der Waals surface area (Å²) in [5.74, 6) is 1.38. The summed E-state index contributed by atoms with van der Waals surface area (Å²) in [5.41, 5.74) is 1.08. The van der Waals surface area contributed by atoms with Crippen LogP contribution < -0.4 is 14.8 Å². The Hall–Kier alpha value is -0.970. The normalized spacial score (nSPS) is 13.8. The van der Waals surface area contributed by atoms with Gasteiger partial charge in [0.05, 0.1) is 11.6 Å². The Balaban J connectivity index is 2.01. The minimum Gasteiger partial charge on any atom is -0.486 e. The maximum absolute atomic E-state index is 6.13. The summed E-state index contributed by atoms with van der Waals surface area (Å²) in [7, 11) is 1.68. The lowest BCUT2D eigenvalue weighted by atomic mass is 10.2. The van der Waals surface area contributed by atoms with Crippen LogP contribution in [0.15, 0.2) is 12.1 Å². The Morgan fingerprint density at radius 3 is 3.00 bits per heavy atom. The van der Waals surface area contributed by atoms with Gasteiger partial charge < -0.3 is 19.5 Å². The van der Waals surface area contributed by atoms with Crippen LogP contribution in [0.2, 0.25) is 5.02 Å². The molecule has 0 saturated heterocycles. The largest absolute Gasteiger partial charge is 0.486 e. The molecule has 0 radical (unpaired) electrons. The van der Waals surface area contributed by atoms with Crippen molar-refractivity contribution in [1.29, 1.82) is 0 Å². The molecule has 1 aliphatic heterocycles. The van der Waals surface area contributed by atoms with E-state index >= 15 is 0 Å². The zero-order chi connectivity index (χ0) is 12.1. The molecular formula is C12H16ClNO3. The fourth-order valence-electron chi connectivity index (χ4n) is 1.67. The standard InChI is InChI=1S/C12H16ClNO3/c1-15-3-2-14-8-9-6-10(13)12-11(7-9)16-4-5-17-12/h6-7,14H,2-5,8H2,1H3. The average molecular weight is 258 g/mol. The molecule has 1 aromatic carbocycles. The quantitative estimate of drug-likeness (QED) is 0.818. The fraction of sp³-hybridized carbons (Fsp3) is 0.500. The summed E-state index contributed by atoms with van der Waals surface area (Å²) >= 11 is 6.13. The minimum atomic E-state index is 0.554. The summed E-state index contributed by atoms with van der Waals surface area (Å²) < 4.78 is 15.9. The van der Waals surface area contributed by atoms with Gasteiger partial charge in [-0.1, -0.05) is 11.6 Å². The third kappa shape index (κ3) is 3.25. The van der Waals surface area contributed by atoms with Gasteiger partial charge in [0.25, 0.3) is 0 Å². The van der Waals surface area contributed by atoms with Crippen molar-refractivity contribution in [3.05, 3.63) is 22.7 Å². The topological polar surface area (TPSA) is 39.7 Å². The molecule has 0 bridgehead atoms. The van der Waals surface area contributed by atoms with E-state index in [9.17, 15) is 0 Å². The number of benzene rings is 1. The van der Waals surface area contributed by atoms with Crippen molar-refractivity contribution in [3.63, 3.8) is 0 Å². The Labute approximate surface area is 106 Å². The van der Waals surface area contributed by atoms with Crippen LogP contribution in [0.5, 0.6) is 11.5 Å². The maximum Gasteiger partial charge on any atom is 0.179 e. The van der Waals surface area contributed by atoms with Crippen molar-refractivity contribution in [2.75, 3.05) is 33.5 Å². The van der Waals surface area contributed by atoms with E-state index in [2.05, 4.69) is 5.32 Å². The van der Waals surface area contributed by atoms with Crippen LogP contribution in [-0.4, -0.2) is 33.5 Å². The second-order valence-corrected chi connectivity index (χ2v) is 4.18. The van der Waals surface area contributed by atoms with Gasteiger partial charge in [0.2, 0.25) is 0 Å². The van der Waals surface area contributed by atoms with Crippen molar-refractivity contribution >= 4 is 11.6 Å². The van der Waals surface area contributed by atoms with E-state index in [4.69, 9.17) is 25.8 Å². The van der Waals surface area contributed by atoms with Gasteiger partial charge in [0.15, 0.2) is 11.5 Å². The first kappa shape index (κ1) is 12.5. The lowest BCUT2D eigenvalue weighted by Crippen LogP contribution is -2.19. The molecular weight excluding hydrogens is 242 g/mol. The van der Waals surface area contributed by atoms with Crippen LogP contribution >= 0.6 is 11.6 Å². The molecule has 4 nitrogen and oxygen atoms in total. The Morgan fingerprint density at radius 1 is 1.35 bits per heavy atom. The second-order valence-electron chi connectivity index (χ2n) is 3.77. The summed E-state index contributed by atoms with van der Waals surface area (Å²) in [6.07, 6.45) is 0. The molecule has 0 atom stereocenters. The molecule has 0 unspecified atom stereocenters. The van der Waals surface area contributed by atoms with Crippen LogP contribution in [0.25, 0.3) is 0 Å². The van der Waals surface area contributed by atoms with Crippen LogP contribution in [0.4, 0.5) is 0 Å². The first-order valence-electron chi connectivity index (χ1n) is 5.59. The Bertz CT molecular complexity index is 384. The van der Waals surface area contributed by atoms with Crippen LogP contribution in [0, 0.1) is 0 Å². The van der Waals surface area contributed by atoms with Crippen molar-refractivity contribution < 1.29 is 14.2 Å². The molecule has 1 aromatic rings. The average Bonchev–Trinajstić information content (AvgIpc) is 2.35. The molecule has 1 N–H and O–H groups in total. The summed E-state index contributed by atoms with van der Waals surface area (Å²) in [5, 5.41) is 3.86. The molecule has 0 amide bonds. The van der Waals surface area contributed by atoms with Gasteiger partial charge in [0.1, 0.15) is 13.2 Å².